The van der Waals surface area contributed by atoms with E-state index in [-0.39, 0.29) is 17.7 Å². The number of hydrogen-bond acceptors (Lipinski definition) is 8. The molecule has 0 spiro atoms. The molecule has 5 rings (SSSR count). The molecule has 41 heavy (non-hydrogen) atoms. The van der Waals surface area contributed by atoms with E-state index in [0.29, 0.717) is 53.5 Å². The first kappa shape index (κ1) is 28.4. The van der Waals surface area contributed by atoms with Gasteiger partial charge in [0.2, 0.25) is 0 Å². The molecule has 0 aliphatic carbocycles. The fourth-order valence-corrected chi connectivity index (χ4v) is 5.92. The lowest BCUT2D eigenvalue weighted by atomic mass is 9.96. The third-order valence-corrected chi connectivity index (χ3v) is 7.66. The fourth-order valence-electron chi connectivity index (χ4n) is 4.39. The minimum atomic E-state index is -0.836. The van der Waals surface area contributed by atoms with Gasteiger partial charge >= 0.3 is 11.9 Å². The second-order valence-electron chi connectivity index (χ2n) is 8.96. The van der Waals surface area contributed by atoms with Crippen molar-refractivity contribution in [2.75, 3.05) is 6.61 Å². The minimum absolute atomic E-state index is 0.00337. The molecular weight excluding hydrogens is 587 g/mol. The van der Waals surface area contributed by atoms with Crippen molar-refractivity contribution in [3.8, 4) is 17.1 Å². The second-order valence-corrected chi connectivity index (χ2v) is 10.8. The van der Waals surface area contributed by atoms with Crippen LogP contribution in [0.5, 0.6) is 5.75 Å². The molecule has 11 heteroatoms. The van der Waals surface area contributed by atoms with Gasteiger partial charge in [-0.3, -0.25) is 14.2 Å². The first-order valence-corrected chi connectivity index (χ1v) is 13.9. The smallest absolute Gasteiger partial charge is 0.338 e. The molecule has 0 amide bonds. The summed E-state index contributed by atoms with van der Waals surface area (Å²) < 4.78 is 18.3. The monoisotopic (exact) mass is 608 g/mol. The average Bonchev–Trinajstić information content (AvgIpc) is 3.50. The second kappa shape index (κ2) is 11.7. The normalized spacial score (nSPS) is 14.8. The first-order chi connectivity index (χ1) is 19.7. The Labute approximate surface area is 248 Å². The van der Waals surface area contributed by atoms with Crippen LogP contribution in [0, 0.1) is 0 Å². The summed E-state index contributed by atoms with van der Waals surface area (Å²) in [5, 5.41) is 0.939. The molecular formula is C30H22Cl2N2O6S. The molecule has 1 unspecified atom stereocenters. The zero-order chi connectivity index (χ0) is 29.3. The molecule has 0 radical (unpaired) electrons. The van der Waals surface area contributed by atoms with Crippen LogP contribution in [0.25, 0.3) is 17.4 Å². The van der Waals surface area contributed by atoms with Crippen LogP contribution in [-0.4, -0.2) is 23.1 Å². The lowest BCUT2D eigenvalue weighted by molar-refractivity contribution is -0.138. The standard InChI is InChI=1S/C30H22Cl2N2O6S/c1-4-13-38-29(37)26-16(2)33-30-34(27(26)18-5-8-20(9-6-18)39-17(3)35)28(36)25(41-30)15-21-10-12-24(40-21)22-11-7-19(31)14-23(22)32/h4-12,14-15,27H,1,13H2,2-3H3/b25-15-. The van der Waals surface area contributed by atoms with Crippen molar-refractivity contribution in [2.45, 2.75) is 19.9 Å². The van der Waals surface area contributed by atoms with Crippen molar-refractivity contribution in [1.29, 1.82) is 0 Å². The Bertz CT molecular complexity index is 1900. The van der Waals surface area contributed by atoms with E-state index in [1.807, 2.05) is 0 Å². The van der Waals surface area contributed by atoms with Crippen LogP contribution in [0.3, 0.4) is 0 Å². The van der Waals surface area contributed by atoms with Crippen LogP contribution in [0.4, 0.5) is 0 Å². The van der Waals surface area contributed by atoms with Gasteiger partial charge in [-0.2, -0.15) is 0 Å². The maximum absolute atomic E-state index is 13.8. The van der Waals surface area contributed by atoms with E-state index >= 15 is 0 Å². The number of carbonyl (C=O) groups excluding carboxylic acids is 2. The molecule has 8 nitrogen and oxygen atoms in total. The summed E-state index contributed by atoms with van der Waals surface area (Å²) in [6.07, 6.45) is 3.08. The Kier molecular flexibility index (Phi) is 8.12. The first-order valence-electron chi connectivity index (χ1n) is 12.3. The molecule has 0 bridgehead atoms. The third-order valence-electron chi connectivity index (χ3n) is 6.13. The largest absolute Gasteiger partial charge is 0.458 e. The van der Waals surface area contributed by atoms with E-state index in [0.717, 1.165) is 0 Å². The minimum Gasteiger partial charge on any atom is -0.458 e. The zero-order valence-electron chi connectivity index (χ0n) is 21.9. The number of fused-ring (bicyclic) bond motifs is 1. The van der Waals surface area contributed by atoms with E-state index in [1.54, 1.807) is 67.6 Å². The molecule has 4 aromatic rings. The summed E-state index contributed by atoms with van der Waals surface area (Å²) in [6, 6.07) is 14.3. The van der Waals surface area contributed by atoms with Gasteiger partial charge in [-0.05, 0) is 55.0 Å². The molecule has 208 valence electrons. The lowest BCUT2D eigenvalue weighted by Crippen LogP contribution is -2.39. The summed E-state index contributed by atoms with van der Waals surface area (Å²) >= 11 is 13.5. The molecule has 0 saturated heterocycles. The lowest BCUT2D eigenvalue weighted by Gasteiger charge is -2.24. The molecule has 2 aromatic carbocycles. The van der Waals surface area contributed by atoms with Gasteiger partial charge < -0.3 is 13.9 Å². The van der Waals surface area contributed by atoms with Gasteiger partial charge in [0.15, 0.2) is 4.80 Å². The van der Waals surface area contributed by atoms with Gasteiger partial charge in [0, 0.05) is 23.6 Å². The van der Waals surface area contributed by atoms with Gasteiger partial charge in [0.05, 0.1) is 26.9 Å². The van der Waals surface area contributed by atoms with Crippen LogP contribution in [0.1, 0.15) is 31.2 Å². The van der Waals surface area contributed by atoms with Gasteiger partial charge in [0.1, 0.15) is 23.9 Å². The highest BCUT2D eigenvalue weighted by Crippen LogP contribution is 2.33. The highest BCUT2D eigenvalue weighted by atomic mass is 35.5. The Morgan fingerprint density at radius 2 is 1.90 bits per heavy atom. The molecule has 0 fully saturated rings. The highest BCUT2D eigenvalue weighted by molar-refractivity contribution is 7.07. The SMILES string of the molecule is C=CCOC(=O)C1=C(C)N=c2s/c(=C\c3ccc(-c4ccc(Cl)cc4Cl)o3)c(=O)n2C1c1ccc(OC(C)=O)cc1. The number of halogens is 2. The van der Waals surface area contributed by atoms with Crippen molar-refractivity contribution in [2.24, 2.45) is 4.99 Å². The zero-order valence-corrected chi connectivity index (χ0v) is 24.2. The number of ether oxygens (including phenoxy) is 2. The topological polar surface area (TPSA) is 100 Å². The summed E-state index contributed by atoms with van der Waals surface area (Å²) in [6.45, 7) is 6.58. The summed E-state index contributed by atoms with van der Waals surface area (Å²) in [4.78, 5) is 43.3. The molecule has 2 aromatic heterocycles. The molecule has 0 N–H and O–H groups in total. The summed E-state index contributed by atoms with van der Waals surface area (Å²) in [5.74, 6) is 0.193. The number of thiazole rings is 1. The Balaban J connectivity index is 1.61. The van der Waals surface area contributed by atoms with Gasteiger partial charge in [-0.1, -0.05) is 59.3 Å². The maximum Gasteiger partial charge on any atom is 0.338 e. The van der Waals surface area contributed by atoms with E-state index < -0.39 is 18.0 Å². The van der Waals surface area contributed by atoms with Crippen molar-refractivity contribution < 1.29 is 23.5 Å². The van der Waals surface area contributed by atoms with Crippen molar-refractivity contribution in [3.63, 3.8) is 0 Å². The molecule has 1 atom stereocenters. The van der Waals surface area contributed by atoms with E-state index in [9.17, 15) is 14.4 Å². The van der Waals surface area contributed by atoms with E-state index in [2.05, 4.69) is 11.6 Å². The number of carbonyl (C=O) groups is 2. The van der Waals surface area contributed by atoms with Crippen LogP contribution >= 0.6 is 34.5 Å². The van der Waals surface area contributed by atoms with Crippen LogP contribution in [0.15, 0.2) is 92.7 Å². The summed E-state index contributed by atoms with van der Waals surface area (Å²) in [5.41, 5.74) is 1.52. The van der Waals surface area contributed by atoms with E-state index in [1.165, 1.54) is 28.9 Å². The average molecular weight is 609 g/mol. The molecule has 1 aliphatic heterocycles. The predicted octanol–water partition coefficient (Wildman–Crippen LogP) is 5.46. The number of rotatable bonds is 7. The summed E-state index contributed by atoms with van der Waals surface area (Å²) in [7, 11) is 0. The fraction of sp³-hybridized carbons (Fsp3) is 0.133. The number of esters is 2. The van der Waals surface area contributed by atoms with Crippen LogP contribution < -0.4 is 19.6 Å². The van der Waals surface area contributed by atoms with Crippen molar-refractivity contribution in [1.82, 2.24) is 4.57 Å². The highest BCUT2D eigenvalue weighted by Gasteiger charge is 2.33. The number of benzene rings is 2. The number of furan rings is 1. The molecule has 0 saturated carbocycles. The number of aromatic nitrogens is 1. The number of nitrogens with zero attached hydrogens (tertiary/aromatic N) is 2. The van der Waals surface area contributed by atoms with Gasteiger partial charge in [-0.25, -0.2) is 9.79 Å². The van der Waals surface area contributed by atoms with E-state index in [4.69, 9.17) is 37.1 Å². The Morgan fingerprint density at radius 3 is 2.59 bits per heavy atom. The quantitative estimate of drug-likeness (QED) is 0.157. The Morgan fingerprint density at radius 1 is 1.15 bits per heavy atom. The predicted molar refractivity (Wildman–Crippen MR) is 157 cm³/mol. The van der Waals surface area contributed by atoms with Crippen LogP contribution in [-0.2, 0) is 14.3 Å². The third kappa shape index (κ3) is 5.83. The number of allylic oxidation sites excluding steroid dienone is 1. The van der Waals surface area contributed by atoms with Crippen molar-refractivity contribution >= 4 is 52.6 Å². The van der Waals surface area contributed by atoms with Crippen LogP contribution in [0.2, 0.25) is 10.0 Å². The van der Waals surface area contributed by atoms with Gasteiger partial charge in [0.25, 0.3) is 5.56 Å². The van der Waals surface area contributed by atoms with Crippen molar-refractivity contribution in [3.05, 3.63) is 120 Å². The molecule has 1 aliphatic rings. The maximum atomic E-state index is 13.8. The van der Waals surface area contributed by atoms with Gasteiger partial charge in [-0.15, -0.1) is 0 Å². The molecule has 3 heterocycles. The Hall–Kier alpha value is -4.18. The number of hydrogen-bond donors (Lipinski definition) is 0.